The van der Waals surface area contributed by atoms with Crippen LogP contribution in [0.1, 0.15) is 10.4 Å². The van der Waals surface area contributed by atoms with Gasteiger partial charge in [-0.1, -0.05) is 47.5 Å². The third-order valence-corrected chi connectivity index (χ3v) is 6.37. The number of rotatable bonds is 5. The number of sulfonamides is 1. The monoisotopic (exact) mass is 469 g/mol. The number of carbonyl (C=O) groups is 1. The summed E-state index contributed by atoms with van der Waals surface area (Å²) in [6, 6.07) is 24.2. The van der Waals surface area contributed by atoms with E-state index in [0.29, 0.717) is 26.5 Å². The average Bonchev–Trinajstić information content (AvgIpc) is 2.75. The van der Waals surface area contributed by atoms with Gasteiger partial charge in [0.1, 0.15) is 0 Å². The predicted octanol–water partition coefficient (Wildman–Crippen LogP) is 6.00. The molecule has 0 spiro atoms. The smallest absolute Gasteiger partial charge is 0.261 e. The van der Waals surface area contributed by atoms with Crippen LogP contribution in [0.5, 0.6) is 0 Å². The summed E-state index contributed by atoms with van der Waals surface area (Å²) in [6.45, 7) is 0. The number of hydrogen-bond donors (Lipinski definition) is 2. The topological polar surface area (TPSA) is 75.3 Å². The van der Waals surface area contributed by atoms with Crippen molar-refractivity contribution in [2.24, 2.45) is 0 Å². The van der Waals surface area contributed by atoms with Gasteiger partial charge in [-0.3, -0.25) is 9.52 Å². The number of halogens is 2. The van der Waals surface area contributed by atoms with Crippen molar-refractivity contribution in [2.45, 2.75) is 4.90 Å². The third-order valence-electron chi connectivity index (χ3n) is 4.49. The molecule has 0 fully saturated rings. The van der Waals surface area contributed by atoms with Crippen molar-refractivity contribution in [1.82, 2.24) is 0 Å². The molecule has 5 nitrogen and oxygen atoms in total. The normalized spacial score (nSPS) is 11.3. The Kier molecular flexibility index (Phi) is 5.87. The minimum absolute atomic E-state index is 0.0469. The van der Waals surface area contributed by atoms with Crippen molar-refractivity contribution in [1.29, 1.82) is 0 Å². The first-order valence-electron chi connectivity index (χ1n) is 9.12. The summed E-state index contributed by atoms with van der Waals surface area (Å²) in [5, 5.41) is 5.10. The lowest BCUT2D eigenvalue weighted by molar-refractivity contribution is 0.102. The Hall–Kier alpha value is -3.06. The highest BCUT2D eigenvalue weighted by Crippen LogP contribution is 2.27. The summed E-state index contributed by atoms with van der Waals surface area (Å²) < 4.78 is 28.0. The van der Waals surface area contributed by atoms with Crippen molar-refractivity contribution in [3.63, 3.8) is 0 Å². The van der Waals surface area contributed by atoms with Gasteiger partial charge in [0, 0.05) is 21.8 Å². The minimum Gasteiger partial charge on any atom is -0.322 e. The Bertz CT molecular complexity index is 1370. The molecular formula is C23H15Cl2N2O3S. The Balaban J connectivity index is 1.71. The zero-order chi connectivity index (χ0) is 22.0. The van der Waals surface area contributed by atoms with Gasteiger partial charge in [-0.25, -0.2) is 8.42 Å². The lowest BCUT2D eigenvalue weighted by Crippen LogP contribution is -2.16. The van der Waals surface area contributed by atoms with Gasteiger partial charge in [0.15, 0.2) is 0 Å². The van der Waals surface area contributed by atoms with E-state index in [4.69, 9.17) is 23.2 Å². The molecule has 4 rings (SSSR count). The average molecular weight is 470 g/mol. The van der Waals surface area contributed by atoms with Gasteiger partial charge in [-0.05, 0) is 65.4 Å². The molecule has 0 heterocycles. The Labute approximate surface area is 189 Å². The molecule has 0 saturated heterocycles. The van der Waals surface area contributed by atoms with Crippen LogP contribution in [0.15, 0.2) is 83.8 Å². The van der Waals surface area contributed by atoms with E-state index in [9.17, 15) is 13.2 Å². The molecule has 8 heteroatoms. The fourth-order valence-corrected chi connectivity index (χ4v) is 4.29. The number of fused-ring (bicyclic) bond motifs is 1. The van der Waals surface area contributed by atoms with E-state index in [1.807, 2.05) is 0 Å². The summed E-state index contributed by atoms with van der Waals surface area (Å²) >= 11 is 11.7. The van der Waals surface area contributed by atoms with Crippen molar-refractivity contribution in [3.8, 4) is 0 Å². The highest BCUT2D eigenvalue weighted by molar-refractivity contribution is 7.92. The number of nitrogens with one attached hydrogen (secondary N) is 2. The van der Waals surface area contributed by atoms with E-state index < -0.39 is 15.9 Å². The van der Waals surface area contributed by atoms with Gasteiger partial charge >= 0.3 is 0 Å². The van der Waals surface area contributed by atoms with Crippen LogP contribution in [0, 0.1) is 6.07 Å². The number of anilines is 2. The second-order valence-electron chi connectivity index (χ2n) is 6.67. The van der Waals surface area contributed by atoms with Crippen LogP contribution in [0.25, 0.3) is 10.8 Å². The molecular weight excluding hydrogens is 455 g/mol. The first-order valence-corrected chi connectivity index (χ1v) is 11.4. The van der Waals surface area contributed by atoms with Gasteiger partial charge in [0.25, 0.3) is 15.9 Å². The summed E-state index contributed by atoms with van der Waals surface area (Å²) in [7, 11) is -3.89. The van der Waals surface area contributed by atoms with Crippen LogP contribution >= 0.6 is 23.2 Å². The largest absolute Gasteiger partial charge is 0.322 e. The van der Waals surface area contributed by atoms with Gasteiger partial charge < -0.3 is 5.32 Å². The molecule has 4 aromatic rings. The quantitative estimate of drug-likeness (QED) is 0.376. The molecule has 0 bridgehead atoms. The second-order valence-corrected chi connectivity index (χ2v) is 9.22. The first kappa shape index (κ1) is 21.2. The predicted molar refractivity (Wildman–Crippen MR) is 124 cm³/mol. The van der Waals surface area contributed by atoms with E-state index in [0.717, 1.165) is 0 Å². The van der Waals surface area contributed by atoms with Gasteiger partial charge in [-0.2, -0.15) is 0 Å². The highest BCUT2D eigenvalue weighted by Gasteiger charge is 2.18. The van der Waals surface area contributed by atoms with Crippen LogP contribution in [-0.4, -0.2) is 14.3 Å². The van der Waals surface area contributed by atoms with Crippen molar-refractivity contribution >= 4 is 61.3 Å². The molecule has 31 heavy (non-hydrogen) atoms. The molecule has 4 aromatic carbocycles. The summed E-state index contributed by atoms with van der Waals surface area (Å²) in [6.07, 6.45) is 0. The van der Waals surface area contributed by atoms with E-state index >= 15 is 0 Å². The molecule has 0 aliphatic carbocycles. The van der Waals surface area contributed by atoms with Crippen LogP contribution in [0.2, 0.25) is 10.0 Å². The Morgan fingerprint density at radius 2 is 1.45 bits per heavy atom. The molecule has 0 saturated carbocycles. The van der Waals surface area contributed by atoms with Gasteiger partial charge in [0.2, 0.25) is 0 Å². The molecule has 1 amide bonds. The van der Waals surface area contributed by atoms with E-state index in [2.05, 4.69) is 16.1 Å². The molecule has 155 valence electrons. The highest BCUT2D eigenvalue weighted by atomic mass is 35.5. The van der Waals surface area contributed by atoms with E-state index in [1.54, 1.807) is 54.6 Å². The SMILES string of the molecule is O=C(Nc1ccc(Cl)cc1)c1[c]c(NS(=O)(=O)c2ccc(Cl)cc2)cc2ccccc12. The minimum atomic E-state index is -3.89. The zero-order valence-electron chi connectivity index (χ0n) is 15.9. The Morgan fingerprint density at radius 3 is 2.13 bits per heavy atom. The van der Waals surface area contributed by atoms with Crippen molar-refractivity contribution in [2.75, 3.05) is 10.0 Å². The number of amides is 1. The van der Waals surface area contributed by atoms with Crippen LogP contribution in [-0.2, 0) is 10.0 Å². The third kappa shape index (κ3) is 4.82. The summed E-state index contributed by atoms with van der Waals surface area (Å²) in [4.78, 5) is 13.0. The molecule has 2 N–H and O–H groups in total. The molecule has 0 aliphatic heterocycles. The van der Waals surface area contributed by atoms with Gasteiger partial charge in [0.05, 0.1) is 16.1 Å². The lowest BCUT2D eigenvalue weighted by atomic mass is 10.0. The second kappa shape index (κ2) is 8.59. The maximum absolute atomic E-state index is 13.0. The first-order chi connectivity index (χ1) is 14.8. The number of benzene rings is 4. The molecule has 0 aliphatic rings. The fraction of sp³-hybridized carbons (Fsp3) is 0. The molecule has 1 radical (unpaired) electrons. The molecule has 0 unspecified atom stereocenters. The molecule has 0 atom stereocenters. The lowest BCUT2D eigenvalue weighted by Gasteiger charge is -2.13. The van der Waals surface area contributed by atoms with E-state index in [1.165, 1.54) is 24.3 Å². The van der Waals surface area contributed by atoms with Crippen molar-refractivity contribution in [3.05, 3.63) is 101 Å². The van der Waals surface area contributed by atoms with Crippen molar-refractivity contribution < 1.29 is 13.2 Å². The van der Waals surface area contributed by atoms with E-state index in [-0.39, 0.29) is 16.1 Å². The zero-order valence-corrected chi connectivity index (χ0v) is 18.2. The van der Waals surface area contributed by atoms with Crippen LogP contribution < -0.4 is 10.0 Å². The fourth-order valence-electron chi connectivity index (χ4n) is 3.02. The van der Waals surface area contributed by atoms with Crippen LogP contribution in [0.4, 0.5) is 11.4 Å². The summed E-state index contributed by atoms with van der Waals surface area (Å²) in [5.41, 5.74) is 0.913. The number of hydrogen-bond acceptors (Lipinski definition) is 3. The maximum Gasteiger partial charge on any atom is 0.261 e. The standard InChI is InChI=1S/C23H15Cl2N2O3S/c24-16-5-9-18(10-6-16)26-23(28)22-14-19(13-15-3-1-2-4-21(15)22)27-31(29,30)20-11-7-17(25)8-12-20/h1-13,27H,(H,26,28). The molecule has 0 aromatic heterocycles. The number of carbonyl (C=O) groups excluding carboxylic acids is 1. The van der Waals surface area contributed by atoms with Gasteiger partial charge in [-0.15, -0.1) is 0 Å². The van der Waals surface area contributed by atoms with Crippen LogP contribution in [0.3, 0.4) is 0 Å². The Morgan fingerprint density at radius 1 is 0.839 bits per heavy atom. The summed E-state index contributed by atoms with van der Waals surface area (Å²) in [5.74, 6) is -0.425. The maximum atomic E-state index is 13.0.